The summed E-state index contributed by atoms with van der Waals surface area (Å²) in [5.41, 5.74) is -0.00613. The van der Waals surface area contributed by atoms with Crippen molar-refractivity contribution in [2.45, 2.75) is 13.2 Å². The van der Waals surface area contributed by atoms with E-state index in [0.717, 1.165) is 0 Å². The number of non-ortho nitro benzene ring substituents is 1. The third-order valence-corrected chi connectivity index (χ3v) is 4.39. The van der Waals surface area contributed by atoms with Crippen LogP contribution in [0.5, 0.6) is 5.75 Å². The molecule has 3 aromatic rings. The maximum atomic E-state index is 12.4. The second-order valence-corrected chi connectivity index (χ2v) is 6.71. The van der Waals surface area contributed by atoms with Crippen molar-refractivity contribution in [3.63, 3.8) is 0 Å². The Kier molecular flexibility index (Phi) is 6.08. The van der Waals surface area contributed by atoms with Gasteiger partial charge in [0.05, 0.1) is 9.95 Å². The van der Waals surface area contributed by atoms with Gasteiger partial charge in [-0.3, -0.25) is 14.9 Å². The van der Waals surface area contributed by atoms with Gasteiger partial charge in [-0.05, 0) is 30.4 Å². The molecule has 0 radical (unpaired) electrons. The largest absolute Gasteiger partial charge is 0.482 e. The Bertz CT molecular complexity index is 1110. The summed E-state index contributed by atoms with van der Waals surface area (Å²) in [7, 11) is 0. The Hall–Kier alpha value is -2.75. The molecule has 0 spiro atoms. The van der Waals surface area contributed by atoms with Crippen molar-refractivity contribution in [2.75, 3.05) is 0 Å². The zero-order valence-corrected chi connectivity index (χ0v) is 16.3. The molecule has 8 nitrogen and oxygen atoms in total. The lowest BCUT2D eigenvalue weighted by Crippen LogP contribution is -2.12. The van der Waals surface area contributed by atoms with E-state index in [1.807, 2.05) is 0 Å². The number of hydrogen-bond acceptors (Lipinski definition) is 7. The highest BCUT2D eigenvalue weighted by molar-refractivity contribution is 7.71. The third kappa shape index (κ3) is 4.75. The molecule has 0 atom stereocenters. The molecule has 3 rings (SSSR count). The Morgan fingerprint density at radius 3 is 2.79 bits per heavy atom. The van der Waals surface area contributed by atoms with Crippen molar-refractivity contribution < 1.29 is 18.9 Å². The van der Waals surface area contributed by atoms with Gasteiger partial charge in [0.2, 0.25) is 0 Å². The number of ketones is 1. The minimum atomic E-state index is -0.574. The molecule has 0 saturated heterocycles. The molecule has 0 amide bonds. The summed E-state index contributed by atoms with van der Waals surface area (Å²) in [4.78, 5) is 22.6. The van der Waals surface area contributed by atoms with Gasteiger partial charge in [0, 0.05) is 22.7 Å². The lowest BCUT2D eigenvalue weighted by atomic mass is 10.1. The Balaban J connectivity index is 1.70. The van der Waals surface area contributed by atoms with Gasteiger partial charge in [-0.1, -0.05) is 35.3 Å². The second-order valence-electron chi connectivity index (χ2n) is 5.51. The van der Waals surface area contributed by atoms with Crippen molar-refractivity contribution in [3.05, 3.63) is 78.9 Å². The average Bonchev–Trinajstić information content (AvgIpc) is 3.00. The normalized spacial score (nSPS) is 10.6. The molecular formula is C17H11Cl2N3O5S. The van der Waals surface area contributed by atoms with E-state index in [0.29, 0.717) is 15.8 Å². The standard InChI is InChI=1S/C17H11Cl2N3O5S/c18-11-4-5-15(13(19)7-11)26-9-16-20-21(17(28)27-16)8-14(23)10-2-1-3-12(6-10)22(24)25/h1-7H,8-9H2. The summed E-state index contributed by atoms with van der Waals surface area (Å²) < 4.78 is 12.0. The summed E-state index contributed by atoms with van der Waals surface area (Å²) in [5.74, 6) is 0.124. The topological polar surface area (TPSA) is 100 Å². The predicted octanol–water partition coefficient (Wildman–Crippen LogP) is 4.88. The Labute approximate surface area is 173 Å². The van der Waals surface area contributed by atoms with Crippen LogP contribution in [0.25, 0.3) is 0 Å². The molecule has 0 saturated carbocycles. The van der Waals surface area contributed by atoms with Crippen LogP contribution in [0.4, 0.5) is 5.69 Å². The fourth-order valence-electron chi connectivity index (χ4n) is 2.26. The minimum Gasteiger partial charge on any atom is -0.482 e. The summed E-state index contributed by atoms with van der Waals surface area (Å²) >= 11 is 16.9. The van der Waals surface area contributed by atoms with Crippen molar-refractivity contribution in [1.82, 2.24) is 9.78 Å². The summed E-state index contributed by atoms with van der Waals surface area (Å²) in [6.45, 7) is -0.297. The fraction of sp³-hybridized carbons (Fsp3) is 0.118. The average molecular weight is 440 g/mol. The monoisotopic (exact) mass is 439 g/mol. The number of carbonyl (C=O) groups is 1. The molecule has 11 heteroatoms. The van der Waals surface area contributed by atoms with E-state index in [4.69, 9.17) is 44.6 Å². The zero-order valence-electron chi connectivity index (χ0n) is 14.0. The molecule has 144 valence electrons. The van der Waals surface area contributed by atoms with Crippen molar-refractivity contribution >= 4 is 46.9 Å². The maximum absolute atomic E-state index is 12.4. The number of ether oxygens (including phenoxy) is 1. The molecule has 0 unspecified atom stereocenters. The molecule has 0 fully saturated rings. The highest BCUT2D eigenvalue weighted by Gasteiger charge is 2.15. The molecule has 0 bridgehead atoms. The molecule has 2 aromatic carbocycles. The van der Waals surface area contributed by atoms with E-state index in [-0.39, 0.29) is 35.1 Å². The van der Waals surface area contributed by atoms with Crippen LogP contribution in [-0.2, 0) is 13.2 Å². The number of rotatable bonds is 7. The van der Waals surface area contributed by atoms with Crippen molar-refractivity contribution in [2.24, 2.45) is 0 Å². The lowest BCUT2D eigenvalue weighted by Gasteiger charge is -2.05. The molecule has 0 aliphatic rings. The number of halogens is 2. The number of hydrogen-bond donors (Lipinski definition) is 0. The van der Waals surface area contributed by atoms with Crippen LogP contribution in [0, 0.1) is 15.0 Å². The van der Waals surface area contributed by atoms with E-state index in [9.17, 15) is 14.9 Å². The van der Waals surface area contributed by atoms with Crippen LogP contribution in [0.3, 0.4) is 0 Å². The van der Waals surface area contributed by atoms with Gasteiger partial charge in [-0.2, -0.15) is 0 Å². The van der Waals surface area contributed by atoms with Gasteiger partial charge in [0.25, 0.3) is 16.4 Å². The van der Waals surface area contributed by atoms with Gasteiger partial charge in [0.15, 0.2) is 12.4 Å². The molecule has 0 N–H and O–H groups in total. The molecule has 1 aromatic heterocycles. The number of benzene rings is 2. The van der Waals surface area contributed by atoms with Crippen LogP contribution >= 0.6 is 35.4 Å². The number of nitro benzene ring substituents is 1. The van der Waals surface area contributed by atoms with Crippen LogP contribution in [0.1, 0.15) is 16.2 Å². The van der Waals surface area contributed by atoms with Gasteiger partial charge in [-0.25, -0.2) is 4.68 Å². The van der Waals surface area contributed by atoms with Crippen LogP contribution < -0.4 is 4.74 Å². The van der Waals surface area contributed by atoms with Gasteiger partial charge in [0.1, 0.15) is 12.3 Å². The first-order chi connectivity index (χ1) is 13.3. The van der Waals surface area contributed by atoms with E-state index in [1.54, 1.807) is 12.1 Å². The first-order valence-corrected chi connectivity index (χ1v) is 8.92. The summed E-state index contributed by atoms with van der Waals surface area (Å²) in [6, 6.07) is 10.2. The van der Waals surface area contributed by atoms with Crippen LogP contribution in [0.2, 0.25) is 10.0 Å². The van der Waals surface area contributed by atoms with Gasteiger partial charge in [-0.15, -0.1) is 5.10 Å². The quantitative estimate of drug-likeness (QED) is 0.223. The van der Waals surface area contributed by atoms with E-state index in [2.05, 4.69) is 5.10 Å². The lowest BCUT2D eigenvalue weighted by molar-refractivity contribution is -0.384. The van der Waals surface area contributed by atoms with Gasteiger partial charge < -0.3 is 9.15 Å². The highest BCUT2D eigenvalue weighted by Crippen LogP contribution is 2.28. The summed E-state index contributed by atoms with van der Waals surface area (Å²) in [6.07, 6.45) is 0. The Morgan fingerprint density at radius 2 is 2.07 bits per heavy atom. The van der Waals surface area contributed by atoms with Gasteiger partial charge >= 0.3 is 0 Å². The predicted molar refractivity (Wildman–Crippen MR) is 104 cm³/mol. The molecule has 0 aliphatic heterocycles. The first kappa shape index (κ1) is 20.0. The van der Waals surface area contributed by atoms with E-state index >= 15 is 0 Å². The number of nitro groups is 1. The molecule has 0 aliphatic carbocycles. The maximum Gasteiger partial charge on any atom is 0.287 e. The molecule has 28 heavy (non-hydrogen) atoms. The number of nitrogens with zero attached hydrogens (tertiary/aromatic N) is 3. The summed E-state index contributed by atoms with van der Waals surface area (Å²) in [5, 5.41) is 15.7. The highest BCUT2D eigenvalue weighted by atomic mass is 35.5. The smallest absolute Gasteiger partial charge is 0.287 e. The Morgan fingerprint density at radius 1 is 1.29 bits per heavy atom. The number of Topliss-reactive ketones (excluding diaryl/α,β-unsaturated/α-hetero) is 1. The molecule has 1 heterocycles. The van der Waals surface area contributed by atoms with Crippen LogP contribution in [0.15, 0.2) is 46.9 Å². The molecular weight excluding hydrogens is 429 g/mol. The zero-order chi connectivity index (χ0) is 20.3. The number of carbonyl (C=O) groups excluding carboxylic acids is 1. The van der Waals surface area contributed by atoms with Crippen molar-refractivity contribution in [3.8, 4) is 5.75 Å². The number of aromatic nitrogens is 2. The third-order valence-electron chi connectivity index (χ3n) is 3.57. The van der Waals surface area contributed by atoms with Crippen LogP contribution in [-0.4, -0.2) is 20.5 Å². The fourth-order valence-corrected chi connectivity index (χ4v) is 2.92. The van der Waals surface area contributed by atoms with Crippen molar-refractivity contribution in [1.29, 1.82) is 0 Å². The van der Waals surface area contributed by atoms with E-state index in [1.165, 1.54) is 35.0 Å². The second kappa shape index (κ2) is 8.51. The SMILES string of the molecule is O=C(Cn1nc(COc2ccc(Cl)cc2Cl)oc1=S)c1cccc([N+](=O)[O-])c1. The minimum absolute atomic E-state index is 0.0282. The van der Waals surface area contributed by atoms with E-state index < -0.39 is 10.7 Å². The first-order valence-electron chi connectivity index (χ1n) is 7.76.